The van der Waals surface area contributed by atoms with Crippen LogP contribution >= 0.6 is 0 Å². The van der Waals surface area contributed by atoms with Gasteiger partial charge in [-0.1, -0.05) is 0 Å². The van der Waals surface area contributed by atoms with Crippen LogP contribution in [0.15, 0.2) is 0 Å². The molecule has 0 spiro atoms. The average molecular weight is 240 g/mol. The Morgan fingerprint density at radius 1 is 1.35 bits per heavy atom. The van der Waals surface area contributed by atoms with Crippen LogP contribution in [0.2, 0.25) is 0 Å². The predicted molar refractivity (Wildman–Crippen MR) is 66.9 cm³/mol. The highest BCUT2D eigenvalue weighted by atomic mass is 16.6. The molecule has 0 aromatic rings. The summed E-state index contributed by atoms with van der Waals surface area (Å²) in [5.41, 5.74) is -0.404. The lowest BCUT2D eigenvalue weighted by molar-refractivity contribution is 0.0363. The zero-order valence-corrected chi connectivity index (χ0v) is 11.2. The molecule has 4 heteroatoms. The third kappa shape index (κ3) is 3.60. The van der Waals surface area contributed by atoms with E-state index < -0.39 is 5.60 Å². The van der Waals surface area contributed by atoms with Gasteiger partial charge in [0, 0.05) is 13.1 Å². The van der Waals surface area contributed by atoms with E-state index >= 15 is 0 Å². The van der Waals surface area contributed by atoms with Crippen LogP contribution in [0, 0.1) is 11.8 Å². The molecule has 3 saturated heterocycles. The molecular formula is C13H24N2O2. The maximum atomic E-state index is 11.6. The number of fused-ring (bicyclic) bond motifs is 3. The van der Waals surface area contributed by atoms with E-state index in [0.717, 1.165) is 19.0 Å². The number of nitrogens with zero attached hydrogens (tertiary/aromatic N) is 1. The van der Waals surface area contributed by atoms with Crippen LogP contribution in [0.3, 0.4) is 0 Å². The molecule has 1 unspecified atom stereocenters. The van der Waals surface area contributed by atoms with Crippen LogP contribution in [0.5, 0.6) is 0 Å². The van der Waals surface area contributed by atoms with Crippen LogP contribution in [0.1, 0.15) is 33.6 Å². The fourth-order valence-electron chi connectivity index (χ4n) is 2.85. The van der Waals surface area contributed by atoms with Gasteiger partial charge in [-0.15, -0.1) is 0 Å². The minimum absolute atomic E-state index is 0.283. The Morgan fingerprint density at radius 3 is 2.47 bits per heavy atom. The first-order valence-corrected chi connectivity index (χ1v) is 6.63. The zero-order valence-electron chi connectivity index (χ0n) is 11.2. The number of piperidine rings is 3. The fraction of sp³-hybridized carbons (Fsp3) is 0.923. The molecule has 1 amide bonds. The van der Waals surface area contributed by atoms with Gasteiger partial charge >= 0.3 is 6.09 Å². The number of hydrogen-bond donors (Lipinski definition) is 1. The van der Waals surface area contributed by atoms with Gasteiger partial charge in [-0.05, 0) is 58.5 Å². The number of amides is 1. The minimum Gasteiger partial charge on any atom is -0.444 e. The van der Waals surface area contributed by atoms with E-state index in [0.29, 0.717) is 5.92 Å². The molecule has 0 aromatic carbocycles. The Bertz CT molecular complexity index is 278. The van der Waals surface area contributed by atoms with Crippen LogP contribution in [0.25, 0.3) is 0 Å². The molecule has 3 aliphatic heterocycles. The second kappa shape index (κ2) is 4.84. The monoisotopic (exact) mass is 240 g/mol. The standard InChI is InChI=1S/C13H24N2O2/c1-13(2,3)17-12(16)14-8-11-9-15-6-4-10(11)5-7-15/h10-11H,4-9H2,1-3H3,(H,14,16). The third-order valence-corrected chi connectivity index (χ3v) is 3.70. The van der Waals surface area contributed by atoms with Gasteiger partial charge in [-0.2, -0.15) is 0 Å². The minimum atomic E-state index is -0.404. The summed E-state index contributed by atoms with van der Waals surface area (Å²) in [6.07, 6.45) is 2.30. The van der Waals surface area contributed by atoms with Crippen molar-refractivity contribution in [2.24, 2.45) is 11.8 Å². The quantitative estimate of drug-likeness (QED) is 0.801. The van der Waals surface area contributed by atoms with E-state index in [9.17, 15) is 4.79 Å². The molecule has 3 rings (SSSR count). The molecule has 0 aromatic heterocycles. The van der Waals surface area contributed by atoms with Crippen molar-refractivity contribution < 1.29 is 9.53 Å². The second-order valence-corrected chi connectivity index (χ2v) is 6.28. The second-order valence-electron chi connectivity index (χ2n) is 6.28. The molecule has 1 atom stereocenters. The highest BCUT2D eigenvalue weighted by Crippen LogP contribution is 2.31. The smallest absolute Gasteiger partial charge is 0.407 e. The van der Waals surface area contributed by atoms with Gasteiger partial charge in [0.05, 0.1) is 0 Å². The summed E-state index contributed by atoms with van der Waals surface area (Å²) in [7, 11) is 0. The first-order valence-electron chi connectivity index (χ1n) is 6.63. The molecular weight excluding hydrogens is 216 g/mol. The molecule has 0 saturated carbocycles. The molecule has 1 N–H and O–H groups in total. The maximum absolute atomic E-state index is 11.6. The Hall–Kier alpha value is -0.770. The lowest BCUT2D eigenvalue weighted by atomic mass is 9.79. The van der Waals surface area contributed by atoms with E-state index in [1.165, 1.54) is 25.9 Å². The molecule has 0 aliphatic carbocycles. The number of carbonyl (C=O) groups excluding carboxylic acids is 1. The lowest BCUT2D eigenvalue weighted by Crippen LogP contribution is -2.51. The van der Waals surface area contributed by atoms with Gasteiger partial charge in [0.25, 0.3) is 0 Å². The van der Waals surface area contributed by atoms with Gasteiger partial charge in [0.15, 0.2) is 0 Å². The van der Waals surface area contributed by atoms with E-state index in [2.05, 4.69) is 10.2 Å². The van der Waals surface area contributed by atoms with Crippen molar-refractivity contribution in [3.05, 3.63) is 0 Å². The van der Waals surface area contributed by atoms with Crippen molar-refractivity contribution in [3.8, 4) is 0 Å². The Labute approximate surface area is 104 Å². The van der Waals surface area contributed by atoms with Gasteiger partial charge in [-0.3, -0.25) is 0 Å². The molecule has 0 radical (unpaired) electrons. The summed E-state index contributed by atoms with van der Waals surface area (Å²) >= 11 is 0. The highest BCUT2D eigenvalue weighted by molar-refractivity contribution is 5.67. The van der Waals surface area contributed by atoms with Gasteiger partial charge in [0.1, 0.15) is 5.60 Å². The molecule has 98 valence electrons. The van der Waals surface area contributed by atoms with E-state index in [-0.39, 0.29) is 6.09 Å². The molecule has 3 fully saturated rings. The highest BCUT2D eigenvalue weighted by Gasteiger charge is 2.34. The predicted octanol–water partition coefficient (Wildman–Crippen LogP) is 1.85. The first-order chi connectivity index (χ1) is 7.94. The van der Waals surface area contributed by atoms with Crippen molar-refractivity contribution in [1.29, 1.82) is 0 Å². The zero-order chi connectivity index (χ0) is 12.5. The molecule has 17 heavy (non-hydrogen) atoms. The number of ether oxygens (including phenoxy) is 1. The van der Waals surface area contributed by atoms with Crippen molar-refractivity contribution in [1.82, 2.24) is 10.2 Å². The number of rotatable bonds is 2. The van der Waals surface area contributed by atoms with Crippen molar-refractivity contribution >= 4 is 6.09 Å². The number of nitrogens with one attached hydrogen (secondary N) is 1. The molecule has 3 heterocycles. The third-order valence-electron chi connectivity index (χ3n) is 3.70. The summed E-state index contributed by atoms with van der Waals surface area (Å²) in [6, 6.07) is 0. The van der Waals surface area contributed by atoms with Gasteiger partial charge in [-0.25, -0.2) is 4.79 Å². The van der Waals surface area contributed by atoms with Gasteiger partial charge in [0.2, 0.25) is 0 Å². The fourth-order valence-corrected chi connectivity index (χ4v) is 2.85. The first kappa shape index (κ1) is 12.7. The SMILES string of the molecule is CC(C)(C)OC(=O)NCC1CN2CCC1CC2. The summed E-state index contributed by atoms with van der Waals surface area (Å²) in [5.74, 6) is 1.42. The molecule has 4 nitrogen and oxygen atoms in total. The van der Waals surface area contributed by atoms with Crippen molar-refractivity contribution in [3.63, 3.8) is 0 Å². The van der Waals surface area contributed by atoms with Gasteiger partial charge < -0.3 is 15.0 Å². The summed E-state index contributed by atoms with van der Waals surface area (Å²) < 4.78 is 5.25. The van der Waals surface area contributed by atoms with Crippen LogP contribution < -0.4 is 5.32 Å². The molecule has 3 aliphatic rings. The number of hydrogen-bond acceptors (Lipinski definition) is 3. The van der Waals surface area contributed by atoms with Crippen LogP contribution in [0.4, 0.5) is 4.79 Å². The van der Waals surface area contributed by atoms with E-state index in [1.54, 1.807) is 0 Å². The number of alkyl carbamates (subject to hydrolysis) is 1. The Balaban J connectivity index is 1.73. The average Bonchev–Trinajstić information content (AvgIpc) is 2.26. The molecule has 2 bridgehead atoms. The summed E-state index contributed by atoms with van der Waals surface area (Å²) in [5, 5.41) is 2.91. The normalized spacial score (nSPS) is 32.3. The topological polar surface area (TPSA) is 41.6 Å². The van der Waals surface area contributed by atoms with Crippen molar-refractivity contribution in [2.75, 3.05) is 26.2 Å². The van der Waals surface area contributed by atoms with E-state index in [1.807, 2.05) is 20.8 Å². The summed E-state index contributed by atoms with van der Waals surface area (Å²) in [4.78, 5) is 14.1. The number of carbonyl (C=O) groups is 1. The van der Waals surface area contributed by atoms with E-state index in [4.69, 9.17) is 4.74 Å². The van der Waals surface area contributed by atoms with Crippen LogP contribution in [-0.4, -0.2) is 42.8 Å². The Morgan fingerprint density at radius 2 is 2.00 bits per heavy atom. The Kier molecular flexibility index (Phi) is 3.61. The summed E-state index contributed by atoms with van der Waals surface area (Å²) in [6.45, 7) is 10.1. The van der Waals surface area contributed by atoms with Crippen LogP contribution in [-0.2, 0) is 4.74 Å². The largest absolute Gasteiger partial charge is 0.444 e. The maximum Gasteiger partial charge on any atom is 0.407 e. The lowest BCUT2D eigenvalue weighted by Gasteiger charge is -2.44. The van der Waals surface area contributed by atoms with Crippen molar-refractivity contribution in [2.45, 2.75) is 39.2 Å².